The minimum atomic E-state index is 0.480. The van der Waals surface area contributed by atoms with E-state index in [-0.39, 0.29) is 0 Å². The molecule has 3 rings (SSSR count). The van der Waals surface area contributed by atoms with Gasteiger partial charge in [0, 0.05) is 18.1 Å². The molecule has 0 amide bonds. The topological polar surface area (TPSA) is 38.0 Å². The van der Waals surface area contributed by atoms with Crippen LogP contribution in [0.25, 0.3) is 0 Å². The smallest absolute Gasteiger partial charge is 0.0103 e. The maximum atomic E-state index is 6.09. The second-order valence-corrected chi connectivity index (χ2v) is 6.68. The highest BCUT2D eigenvalue weighted by atomic mass is 15.0. The number of hydrogen-bond donors (Lipinski definition) is 2. The minimum Gasteiger partial charge on any atom is -0.328 e. The molecule has 0 radical (unpaired) electrons. The van der Waals surface area contributed by atoms with Gasteiger partial charge in [-0.1, -0.05) is 19.3 Å². The highest BCUT2D eigenvalue weighted by Crippen LogP contribution is 2.50. The predicted molar refractivity (Wildman–Crippen MR) is 71.8 cm³/mol. The fraction of sp³-hybridized carbons (Fsp3) is 1.00. The van der Waals surface area contributed by atoms with Crippen molar-refractivity contribution in [3.05, 3.63) is 0 Å². The van der Waals surface area contributed by atoms with E-state index in [2.05, 4.69) is 5.32 Å². The molecule has 0 saturated heterocycles. The van der Waals surface area contributed by atoms with Crippen LogP contribution in [0.5, 0.6) is 0 Å². The SMILES string of the molecule is NC1CCCCC(NC2CC3CCC32)CCC1. The van der Waals surface area contributed by atoms with Crippen molar-refractivity contribution >= 4 is 0 Å². The lowest BCUT2D eigenvalue weighted by atomic mass is 9.56. The third-order valence-electron chi connectivity index (χ3n) is 5.50. The number of rotatable bonds is 2. The van der Waals surface area contributed by atoms with E-state index < -0.39 is 0 Å². The van der Waals surface area contributed by atoms with Gasteiger partial charge in [-0.05, 0) is 56.8 Å². The van der Waals surface area contributed by atoms with Crippen molar-refractivity contribution < 1.29 is 0 Å². The monoisotopic (exact) mass is 236 g/mol. The lowest BCUT2D eigenvalue weighted by Gasteiger charge is -2.54. The summed E-state index contributed by atoms with van der Waals surface area (Å²) >= 11 is 0. The van der Waals surface area contributed by atoms with E-state index in [0.717, 1.165) is 23.9 Å². The van der Waals surface area contributed by atoms with Gasteiger partial charge >= 0.3 is 0 Å². The Balaban J connectivity index is 1.44. The van der Waals surface area contributed by atoms with Gasteiger partial charge in [0.25, 0.3) is 0 Å². The van der Waals surface area contributed by atoms with Crippen molar-refractivity contribution in [1.29, 1.82) is 0 Å². The van der Waals surface area contributed by atoms with Crippen LogP contribution in [0, 0.1) is 11.8 Å². The molecule has 3 saturated carbocycles. The van der Waals surface area contributed by atoms with Crippen LogP contribution in [-0.2, 0) is 0 Å². The Morgan fingerprint density at radius 2 is 1.59 bits per heavy atom. The van der Waals surface area contributed by atoms with E-state index in [1.165, 1.54) is 64.2 Å². The van der Waals surface area contributed by atoms with Gasteiger partial charge in [-0.3, -0.25) is 0 Å². The Morgan fingerprint density at radius 3 is 2.29 bits per heavy atom. The first-order valence-electron chi connectivity index (χ1n) is 7.84. The molecule has 0 spiro atoms. The van der Waals surface area contributed by atoms with Crippen LogP contribution in [0.4, 0.5) is 0 Å². The van der Waals surface area contributed by atoms with Crippen LogP contribution in [0.1, 0.15) is 64.2 Å². The summed E-state index contributed by atoms with van der Waals surface area (Å²) in [5.41, 5.74) is 6.09. The average Bonchev–Trinajstić information content (AvgIpc) is 2.38. The van der Waals surface area contributed by atoms with E-state index in [1.807, 2.05) is 0 Å². The fourth-order valence-corrected chi connectivity index (χ4v) is 4.10. The molecule has 3 aliphatic rings. The van der Waals surface area contributed by atoms with Crippen molar-refractivity contribution in [3.8, 4) is 0 Å². The van der Waals surface area contributed by atoms with Gasteiger partial charge < -0.3 is 11.1 Å². The van der Waals surface area contributed by atoms with Gasteiger partial charge in [0.15, 0.2) is 0 Å². The maximum absolute atomic E-state index is 6.09. The molecule has 3 aliphatic carbocycles. The zero-order valence-electron chi connectivity index (χ0n) is 11.0. The Bertz CT molecular complexity index is 253. The summed E-state index contributed by atoms with van der Waals surface area (Å²) < 4.78 is 0. The lowest BCUT2D eigenvalue weighted by Crippen LogP contribution is -2.57. The predicted octanol–water partition coefficient (Wildman–Crippen LogP) is 2.81. The lowest BCUT2D eigenvalue weighted by molar-refractivity contribution is -0.00161. The molecule has 0 aromatic carbocycles. The minimum absolute atomic E-state index is 0.480. The molecule has 0 aliphatic heterocycles. The van der Waals surface area contributed by atoms with Gasteiger partial charge in [-0.2, -0.15) is 0 Å². The maximum Gasteiger partial charge on any atom is 0.0103 e. The van der Waals surface area contributed by atoms with Crippen LogP contribution in [0.15, 0.2) is 0 Å². The van der Waals surface area contributed by atoms with E-state index in [1.54, 1.807) is 0 Å². The van der Waals surface area contributed by atoms with Gasteiger partial charge in [0.1, 0.15) is 0 Å². The van der Waals surface area contributed by atoms with Gasteiger partial charge in [0.05, 0.1) is 0 Å². The van der Waals surface area contributed by atoms with Crippen LogP contribution < -0.4 is 11.1 Å². The van der Waals surface area contributed by atoms with E-state index in [9.17, 15) is 0 Å². The van der Waals surface area contributed by atoms with Crippen molar-refractivity contribution in [1.82, 2.24) is 5.32 Å². The van der Waals surface area contributed by atoms with Crippen molar-refractivity contribution in [2.24, 2.45) is 17.6 Å². The first kappa shape index (κ1) is 12.0. The molecule has 3 fully saturated rings. The Hall–Kier alpha value is -0.0800. The number of hydrogen-bond acceptors (Lipinski definition) is 2. The fourth-order valence-electron chi connectivity index (χ4n) is 4.10. The number of nitrogens with two attached hydrogens (primary N) is 1. The Kier molecular flexibility index (Phi) is 3.72. The highest BCUT2D eigenvalue weighted by molar-refractivity contribution is 5.01. The van der Waals surface area contributed by atoms with Crippen molar-refractivity contribution in [2.75, 3.05) is 0 Å². The summed E-state index contributed by atoms with van der Waals surface area (Å²) in [6, 6.07) is 2.16. The molecule has 2 nitrogen and oxygen atoms in total. The molecule has 98 valence electrons. The summed E-state index contributed by atoms with van der Waals surface area (Å²) in [5, 5.41) is 3.96. The molecule has 0 heterocycles. The van der Waals surface area contributed by atoms with E-state index in [0.29, 0.717) is 6.04 Å². The summed E-state index contributed by atoms with van der Waals surface area (Å²) in [7, 11) is 0. The number of fused-ring (bicyclic) bond motifs is 1. The third kappa shape index (κ3) is 2.68. The summed E-state index contributed by atoms with van der Waals surface area (Å²) in [6.07, 6.45) is 13.8. The molecular weight excluding hydrogens is 208 g/mol. The average molecular weight is 236 g/mol. The quantitative estimate of drug-likeness (QED) is 0.773. The van der Waals surface area contributed by atoms with Crippen molar-refractivity contribution in [2.45, 2.75) is 82.3 Å². The second-order valence-electron chi connectivity index (χ2n) is 6.68. The van der Waals surface area contributed by atoms with Gasteiger partial charge in [0.2, 0.25) is 0 Å². The summed E-state index contributed by atoms with van der Waals surface area (Å²) in [6.45, 7) is 0. The Labute approximate surface area is 106 Å². The van der Waals surface area contributed by atoms with Crippen LogP contribution in [0.3, 0.4) is 0 Å². The van der Waals surface area contributed by atoms with Crippen molar-refractivity contribution in [3.63, 3.8) is 0 Å². The highest BCUT2D eigenvalue weighted by Gasteiger charge is 2.47. The Morgan fingerprint density at radius 1 is 0.824 bits per heavy atom. The molecule has 0 aromatic rings. The van der Waals surface area contributed by atoms with Crippen LogP contribution in [0.2, 0.25) is 0 Å². The zero-order chi connectivity index (χ0) is 11.7. The third-order valence-corrected chi connectivity index (χ3v) is 5.50. The largest absolute Gasteiger partial charge is 0.328 e. The van der Waals surface area contributed by atoms with Gasteiger partial charge in [-0.15, -0.1) is 0 Å². The van der Waals surface area contributed by atoms with E-state index in [4.69, 9.17) is 5.73 Å². The van der Waals surface area contributed by atoms with Gasteiger partial charge in [-0.25, -0.2) is 0 Å². The molecule has 5 atom stereocenters. The number of nitrogens with one attached hydrogen (secondary N) is 1. The van der Waals surface area contributed by atoms with Crippen LogP contribution in [-0.4, -0.2) is 18.1 Å². The molecule has 0 bridgehead atoms. The summed E-state index contributed by atoms with van der Waals surface area (Å²) in [4.78, 5) is 0. The second kappa shape index (κ2) is 5.27. The molecule has 3 N–H and O–H groups in total. The first-order valence-corrected chi connectivity index (χ1v) is 7.84. The standard InChI is InChI=1S/C15H28N2/c16-12-4-1-2-6-13(7-3-5-12)17-15-10-11-8-9-14(11)15/h11-15,17H,1-10,16H2. The normalized spacial score (nSPS) is 46.8. The molecule has 5 unspecified atom stereocenters. The van der Waals surface area contributed by atoms with E-state index >= 15 is 0 Å². The zero-order valence-corrected chi connectivity index (χ0v) is 11.0. The molecule has 0 aromatic heterocycles. The van der Waals surface area contributed by atoms with Crippen LogP contribution >= 0.6 is 0 Å². The molecular formula is C15H28N2. The summed E-state index contributed by atoms with van der Waals surface area (Å²) in [5.74, 6) is 2.17. The molecule has 2 heteroatoms. The molecule has 17 heavy (non-hydrogen) atoms. The first-order chi connectivity index (χ1) is 8.33.